The first-order valence-electron chi connectivity index (χ1n) is 7.03. The van der Waals surface area contributed by atoms with Crippen molar-refractivity contribution in [3.05, 3.63) is 0 Å². The van der Waals surface area contributed by atoms with Gasteiger partial charge in [0.05, 0.1) is 0 Å². The second-order valence-electron chi connectivity index (χ2n) is 5.72. The molecule has 1 aliphatic rings. The summed E-state index contributed by atoms with van der Waals surface area (Å²) >= 11 is 0. The molecule has 2 nitrogen and oxygen atoms in total. The van der Waals surface area contributed by atoms with E-state index in [1.807, 2.05) is 0 Å². The lowest BCUT2D eigenvalue weighted by molar-refractivity contribution is 0.129. The third-order valence-electron chi connectivity index (χ3n) is 4.52. The standard InChI is InChI=1S/C14H30N2/c1-6-14(7-2)11-16(10-8-9-15-14)13(5)12(3)4/h12-13,15H,6-11H2,1-5H3. The van der Waals surface area contributed by atoms with Crippen molar-refractivity contribution in [2.45, 2.75) is 65.5 Å². The largest absolute Gasteiger partial charge is 0.310 e. The average Bonchev–Trinajstić information content (AvgIpc) is 2.51. The summed E-state index contributed by atoms with van der Waals surface area (Å²) in [5, 5.41) is 3.78. The minimum Gasteiger partial charge on any atom is -0.310 e. The molecule has 1 atom stereocenters. The molecule has 96 valence electrons. The summed E-state index contributed by atoms with van der Waals surface area (Å²) < 4.78 is 0. The van der Waals surface area contributed by atoms with Crippen molar-refractivity contribution in [1.82, 2.24) is 10.2 Å². The summed E-state index contributed by atoms with van der Waals surface area (Å²) in [4.78, 5) is 2.69. The average molecular weight is 226 g/mol. The summed E-state index contributed by atoms with van der Waals surface area (Å²) in [6.45, 7) is 15.4. The van der Waals surface area contributed by atoms with Crippen molar-refractivity contribution >= 4 is 0 Å². The van der Waals surface area contributed by atoms with Crippen LogP contribution in [0.3, 0.4) is 0 Å². The Morgan fingerprint density at radius 2 is 1.81 bits per heavy atom. The Balaban J connectivity index is 2.72. The number of nitrogens with zero attached hydrogens (tertiary/aromatic N) is 1. The van der Waals surface area contributed by atoms with Crippen LogP contribution in [-0.2, 0) is 0 Å². The molecule has 0 aromatic rings. The minimum absolute atomic E-state index is 0.361. The summed E-state index contributed by atoms with van der Waals surface area (Å²) in [5.41, 5.74) is 0.361. The Morgan fingerprint density at radius 1 is 1.19 bits per heavy atom. The van der Waals surface area contributed by atoms with Crippen molar-refractivity contribution in [2.75, 3.05) is 19.6 Å². The first-order chi connectivity index (χ1) is 7.54. The molecule has 1 heterocycles. The Hall–Kier alpha value is -0.0800. The molecule has 0 radical (unpaired) electrons. The Kier molecular flexibility index (Phi) is 5.26. The first-order valence-corrected chi connectivity index (χ1v) is 7.03. The molecule has 16 heavy (non-hydrogen) atoms. The second kappa shape index (κ2) is 6.02. The van der Waals surface area contributed by atoms with E-state index in [-0.39, 0.29) is 0 Å². The van der Waals surface area contributed by atoms with Gasteiger partial charge in [0.2, 0.25) is 0 Å². The van der Waals surface area contributed by atoms with Gasteiger partial charge in [0.15, 0.2) is 0 Å². The molecule has 1 unspecified atom stereocenters. The van der Waals surface area contributed by atoms with Crippen LogP contribution in [0.4, 0.5) is 0 Å². The van der Waals surface area contributed by atoms with Gasteiger partial charge in [0, 0.05) is 18.1 Å². The molecule has 1 saturated heterocycles. The lowest BCUT2D eigenvalue weighted by Crippen LogP contribution is -2.52. The van der Waals surface area contributed by atoms with Gasteiger partial charge in [-0.3, -0.25) is 4.90 Å². The SMILES string of the molecule is CCC1(CC)CN(C(C)C(C)C)CCCN1. The third kappa shape index (κ3) is 3.21. The quantitative estimate of drug-likeness (QED) is 0.793. The molecule has 0 saturated carbocycles. The van der Waals surface area contributed by atoms with Crippen LogP contribution in [0.5, 0.6) is 0 Å². The molecule has 0 aromatic heterocycles. The fourth-order valence-corrected chi connectivity index (χ4v) is 2.65. The number of nitrogens with one attached hydrogen (secondary N) is 1. The van der Waals surface area contributed by atoms with Crippen molar-refractivity contribution in [3.8, 4) is 0 Å². The highest BCUT2D eigenvalue weighted by Crippen LogP contribution is 2.23. The maximum Gasteiger partial charge on any atom is 0.0303 e. The summed E-state index contributed by atoms with van der Waals surface area (Å²) in [5.74, 6) is 0.754. The van der Waals surface area contributed by atoms with Crippen LogP contribution in [0.1, 0.15) is 53.9 Å². The van der Waals surface area contributed by atoms with E-state index in [1.165, 1.54) is 38.9 Å². The molecule has 0 amide bonds. The van der Waals surface area contributed by atoms with Gasteiger partial charge in [-0.25, -0.2) is 0 Å². The number of hydrogen-bond acceptors (Lipinski definition) is 2. The minimum atomic E-state index is 0.361. The maximum atomic E-state index is 3.78. The van der Waals surface area contributed by atoms with Crippen LogP contribution in [0.15, 0.2) is 0 Å². The highest BCUT2D eigenvalue weighted by atomic mass is 15.2. The molecule has 2 heteroatoms. The van der Waals surface area contributed by atoms with E-state index in [4.69, 9.17) is 0 Å². The molecule has 1 rings (SSSR count). The molecule has 1 N–H and O–H groups in total. The van der Waals surface area contributed by atoms with Crippen LogP contribution < -0.4 is 5.32 Å². The van der Waals surface area contributed by atoms with Gasteiger partial charge >= 0.3 is 0 Å². The van der Waals surface area contributed by atoms with Gasteiger partial charge in [-0.2, -0.15) is 0 Å². The topological polar surface area (TPSA) is 15.3 Å². The van der Waals surface area contributed by atoms with E-state index in [0.717, 1.165) is 5.92 Å². The summed E-state index contributed by atoms with van der Waals surface area (Å²) in [6, 6.07) is 0.706. The first kappa shape index (κ1) is 14.0. The normalized spacial score (nSPS) is 24.4. The van der Waals surface area contributed by atoms with Gasteiger partial charge in [0.25, 0.3) is 0 Å². The summed E-state index contributed by atoms with van der Waals surface area (Å²) in [7, 11) is 0. The van der Waals surface area contributed by atoms with Crippen molar-refractivity contribution in [1.29, 1.82) is 0 Å². The highest BCUT2D eigenvalue weighted by molar-refractivity contribution is 4.92. The molecule has 1 aliphatic heterocycles. The zero-order valence-electron chi connectivity index (χ0n) is 11.8. The lowest BCUT2D eigenvalue weighted by Gasteiger charge is -2.39. The van der Waals surface area contributed by atoms with Crippen molar-refractivity contribution < 1.29 is 0 Å². The molecule has 0 bridgehead atoms. The molecule has 1 fully saturated rings. The fourth-order valence-electron chi connectivity index (χ4n) is 2.65. The predicted molar refractivity (Wildman–Crippen MR) is 71.8 cm³/mol. The van der Waals surface area contributed by atoms with E-state index in [2.05, 4.69) is 44.8 Å². The Morgan fingerprint density at radius 3 is 2.31 bits per heavy atom. The smallest absolute Gasteiger partial charge is 0.0303 e. The third-order valence-corrected chi connectivity index (χ3v) is 4.52. The lowest BCUT2D eigenvalue weighted by atomic mass is 9.91. The molecular weight excluding hydrogens is 196 g/mol. The maximum absolute atomic E-state index is 3.78. The van der Waals surface area contributed by atoms with E-state index in [1.54, 1.807) is 0 Å². The van der Waals surface area contributed by atoms with Crippen LogP contribution in [-0.4, -0.2) is 36.1 Å². The fraction of sp³-hybridized carbons (Fsp3) is 1.00. The van der Waals surface area contributed by atoms with Crippen molar-refractivity contribution in [3.63, 3.8) is 0 Å². The molecule has 0 aromatic carbocycles. The van der Waals surface area contributed by atoms with E-state index in [0.29, 0.717) is 11.6 Å². The van der Waals surface area contributed by atoms with Gasteiger partial charge in [-0.1, -0.05) is 27.7 Å². The molecule has 0 spiro atoms. The van der Waals surface area contributed by atoms with Crippen LogP contribution in [0, 0.1) is 5.92 Å². The van der Waals surface area contributed by atoms with Crippen LogP contribution in [0.25, 0.3) is 0 Å². The van der Waals surface area contributed by atoms with Crippen molar-refractivity contribution in [2.24, 2.45) is 5.92 Å². The summed E-state index contributed by atoms with van der Waals surface area (Å²) in [6.07, 6.45) is 3.77. The predicted octanol–water partition coefficient (Wildman–Crippen LogP) is 2.89. The number of hydrogen-bond donors (Lipinski definition) is 1. The van der Waals surface area contributed by atoms with Gasteiger partial charge < -0.3 is 5.32 Å². The monoisotopic (exact) mass is 226 g/mol. The highest BCUT2D eigenvalue weighted by Gasteiger charge is 2.32. The Bertz CT molecular complexity index is 197. The second-order valence-corrected chi connectivity index (χ2v) is 5.72. The van der Waals surface area contributed by atoms with Crippen LogP contribution in [0.2, 0.25) is 0 Å². The van der Waals surface area contributed by atoms with E-state index >= 15 is 0 Å². The molecular formula is C14H30N2. The molecule has 0 aliphatic carbocycles. The zero-order valence-corrected chi connectivity index (χ0v) is 11.8. The Labute approximate surface area is 102 Å². The number of rotatable bonds is 4. The van der Waals surface area contributed by atoms with Gasteiger partial charge in [-0.15, -0.1) is 0 Å². The van der Waals surface area contributed by atoms with Crippen LogP contribution >= 0.6 is 0 Å². The van der Waals surface area contributed by atoms with E-state index < -0.39 is 0 Å². The zero-order chi connectivity index (χ0) is 12.2. The van der Waals surface area contributed by atoms with Gasteiger partial charge in [-0.05, 0) is 45.2 Å². The van der Waals surface area contributed by atoms with Gasteiger partial charge in [0.1, 0.15) is 0 Å². The van der Waals surface area contributed by atoms with E-state index in [9.17, 15) is 0 Å².